The third kappa shape index (κ3) is 3.01. The molecule has 0 radical (unpaired) electrons. The third-order valence-electron chi connectivity index (χ3n) is 1.59. The highest BCUT2D eigenvalue weighted by Crippen LogP contribution is 2.03. The summed E-state index contributed by atoms with van der Waals surface area (Å²) < 4.78 is 24.9. The molecule has 15 heavy (non-hydrogen) atoms. The molecule has 84 valence electrons. The molecule has 1 heterocycles. The van der Waals surface area contributed by atoms with Gasteiger partial charge in [-0.25, -0.2) is 13.1 Å². The van der Waals surface area contributed by atoms with E-state index in [1.54, 1.807) is 0 Å². The second-order valence-electron chi connectivity index (χ2n) is 2.73. The van der Waals surface area contributed by atoms with Crippen molar-refractivity contribution in [3.63, 3.8) is 0 Å². The molecule has 1 aromatic heterocycles. The second kappa shape index (κ2) is 4.38. The number of nitrogens with zero attached hydrogens (tertiary/aromatic N) is 1. The number of carboxylic acids is 1. The Balaban J connectivity index is 2.63. The van der Waals surface area contributed by atoms with Gasteiger partial charge in [-0.1, -0.05) is 0 Å². The summed E-state index contributed by atoms with van der Waals surface area (Å²) in [5.74, 6) is -1.27. The van der Waals surface area contributed by atoms with Gasteiger partial charge < -0.3 is 10.8 Å². The molecule has 1 aromatic rings. The van der Waals surface area contributed by atoms with E-state index in [0.717, 1.165) is 6.20 Å². The summed E-state index contributed by atoms with van der Waals surface area (Å²) in [5, 5.41) is 14.2. The maximum absolute atomic E-state index is 11.4. The lowest BCUT2D eigenvalue weighted by Crippen LogP contribution is -2.42. The van der Waals surface area contributed by atoms with E-state index in [4.69, 9.17) is 10.8 Å². The minimum atomic E-state index is -3.73. The number of aliphatic carboxylic acids is 1. The smallest absolute Gasteiger partial charge is 0.321 e. The van der Waals surface area contributed by atoms with Crippen molar-refractivity contribution in [2.75, 3.05) is 6.54 Å². The van der Waals surface area contributed by atoms with Gasteiger partial charge in [0.15, 0.2) is 0 Å². The van der Waals surface area contributed by atoms with Crippen LogP contribution in [0.15, 0.2) is 17.3 Å². The number of hydrogen-bond donors (Lipinski definition) is 4. The lowest BCUT2D eigenvalue weighted by molar-refractivity contribution is -0.138. The number of carboxylic acid groups (broad SMARTS) is 1. The number of nitrogens with one attached hydrogen (secondary N) is 2. The van der Waals surface area contributed by atoms with Crippen molar-refractivity contribution in [2.24, 2.45) is 5.73 Å². The normalized spacial score (nSPS) is 13.7. The molecule has 0 fully saturated rings. The lowest BCUT2D eigenvalue weighted by Gasteiger charge is -2.07. The van der Waals surface area contributed by atoms with Crippen LogP contribution < -0.4 is 10.5 Å². The zero-order valence-corrected chi connectivity index (χ0v) is 8.36. The number of nitrogens with two attached hydrogens (primary N) is 1. The number of aromatic amines is 1. The Hall–Kier alpha value is -1.45. The van der Waals surface area contributed by atoms with E-state index in [1.807, 2.05) is 4.72 Å². The summed E-state index contributed by atoms with van der Waals surface area (Å²) in [4.78, 5) is 10.3. The average Bonchev–Trinajstić information content (AvgIpc) is 2.67. The van der Waals surface area contributed by atoms with Gasteiger partial charge in [0, 0.05) is 12.7 Å². The van der Waals surface area contributed by atoms with Crippen molar-refractivity contribution in [2.45, 2.75) is 10.9 Å². The van der Waals surface area contributed by atoms with Gasteiger partial charge in [-0.05, 0) is 0 Å². The predicted molar refractivity (Wildman–Crippen MR) is 49.4 cm³/mol. The molecule has 9 heteroatoms. The molecule has 0 aliphatic carbocycles. The van der Waals surface area contributed by atoms with Crippen LogP contribution in [0, 0.1) is 0 Å². The molecule has 0 aliphatic heterocycles. The standard InChI is InChI=1S/C6H10N4O4S/c7-5(6(11)12)3-10-15(13,14)4-1-8-9-2-4/h1-2,5,10H,3,7H2,(H,8,9)(H,11,12)/t5-/m0/s1. The summed E-state index contributed by atoms with van der Waals surface area (Å²) in [6, 6.07) is -1.27. The quantitative estimate of drug-likeness (QED) is 0.469. The summed E-state index contributed by atoms with van der Waals surface area (Å²) >= 11 is 0. The van der Waals surface area contributed by atoms with Crippen LogP contribution in [0.2, 0.25) is 0 Å². The first-order valence-corrected chi connectivity index (χ1v) is 5.38. The highest BCUT2D eigenvalue weighted by Gasteiger charge is 2.18. The van der Waals surface area contributed by atoms with E-state index in [1.165, 1.54) is 6.20 Å². The summed E-state index contributed by atoms with van der Waals surface area (Å²) in [5.41, 5.74) is 5.13. The molecule has 0 bridgehead atoms. The zero-order valence-electron chi connectivity index (χ0n) is 7.54. The first kappa shape index (κ1) is 11.6. The molecule has 0 saturated heterocycles. The Morgan fingerprint density at radius 3 is 2.87 bits per heavy atom. The minimum absolute atomic E-state index is 0.0694. The topological polar surface area (TPSA) is 138 Å². The van der Waals surface area contributed by atoms with Gasteiger partial charge in [-0.15, -0.1) is 0 Å². The zero-order chi connectivity index (χ0) is 11.5. The molecule has 0 spiro atoms. The Labute approximate surface area is 85.5 Å². The molecule has 5 N–H and O–H groups in total. The van der Waals surface area contributed by atoms with Crippen molar-refractivity contribution in [3.8, 4) is 0 Å². The van der Waals surface area contributed by atoms with Crippen molar-refractivity contribution < 1.29 is 18.3 Å². The van der Waals surface area contributed by atoms with Crippen molar-refractivity contribution in [1.82, 2.24) is 14.9 Å². The Morgan fingerprint density at radius 2 is 2.40 bits per heavy atom. The Bertz CT molecular complexity index is 426. The first-order chi connectivity index (χ1) is 6.93. The van der Waals surface area contributed by atoms with Crippen LogP contribution in [0.4, 0.5) is 0 Å². The van der Waals surface area contributed by atoms with Gasteiger partial charge in [0.05, 0.1) is 6.20 Å². The maximum Gasteiger partial charge on any atom is 0.321 e. The van der Waals surface area contributed by atoms with Gasteiger partial charge in [0.2, 0.25) is 10.0 Å². The van der Waals surface area contributed by atoms with E-state index in [-0.39, 0.29) is 11.4 Å². The summed E-state index contributed by atoms with van der Waals surface area (Å²) in [6.07, 6.45) is 2.28. The molecule has 0 amide bonds. The van der Waals surface area contributed by atoms with Gasteiger partial charge in [0.25, 0.3) is 0 Å². The highest BCUT2D eigenvalue weighted by molar-refractivity contribution is 7.89. The van der Waals surface area contributed by atoms with E-state index in [2.05, 4.69) is 10.2 Å². The van der Waals surface area contributed by atoms with E-state index in [9.17, 15) is 13.2 Å². The summed E-state index contributed by atoms with van der Waals surface area (Å²) in [7, 11) is -3.73. The van der Waals surface area contributed by atoms with Crippen molar-refractivity contribution in [3.05, 3.63) is 12.4 Å². The van der Waals surface area contributed by atoms with E-state index >= 15 is 0 Å². The van der Waals surface area contributed by atoms with Crippen LogP contribution in [0.5, 0.6) is 0 Å². The minimum Gasteiger partial charge on any atom is -0.480 e. The number of sulfonamides is 1. The fourth-order valence-corrected chi connectivity index (χ4v) is 1.72. The summed E-state index contributed by atoms with van der Waals surface area (Å²) in [6.45, 7) is -0.372. The van der Waals surface area contributed by atoms with Gasteiger partial charge in [-0.3, -0.25) is 9.89 Å². The van der Waals surface area contributed by atoms with Crippen LogP contribution in [0.1, 0.15) is 0 Å². The molecule has 0 aromatic carbocycles. The Morgan fingerprint density at radius 1 is 1.73 bits per heavy atom. The molecule has 0 unspecified atom stereocenters. The molecular weight excluding hydrogens is 224 g/mol. The highest BCUT2D eigenvalue weighted by atomic mass is 32.2. The molecule has 1 rings (SSSR count). The number of hydrogen-bond acceptors (Lipinski definition) is 5. The van der Waals surface area contributed by atoms with E-state index in [0.29, 0.717) is 0 Å². The lowest BCUT2D eigenvalue weighted by atomic mass is 10.3. The average molecular weight is 234 g/mol. The molecule has 0 saturated carbocycles. The van der Waals surface area contributed by atoms with Crippen LogP contribution in [0.25, 0.3) is 0 Å². The van der Waals surface area contributed by atoms with Crippen LogP contribution >= 0.6 is 0 Å². The number of rotatable bonds is 5. The predicted octanol–water partition coefficient (Wildman–Crippen LogP) is -1.90. The SMILES string of the molecule is N[C@@H](CNS(=O)(=O)c1cn[nH]c1)C(=O)O. The largest absolute Gasteiger partial charge is 0.480 e. The first-order valence-electron chi connectivity index (χ1n) is 3.90. The number of H-pyrrole nitrogens is 1. The van der Waals surface area contributed by atoms with E-state index < -0.39 is 22.0 Å². The van der Waals surface area contributed by atoms with Gasteiger partial charge >= 0.3 is 5.97 Å². The fourth-order valence-electron chi connectivity index (χ4n) is 0.756. The second-order valence-corrected chi connectivity index (χ2v) is 4.50. The van der Waals surface area contributed by atoms with Crippen LogP contribution in [-0.2, 0) is 14.8 Å². The van der Waals surface area contributed by atoms with Crippen LogP contribution in [-0.4, -0.2) is 42.3 Å². The Kier molecular flexibility index (Phi) is 3.39. The van der Waals surface area contributed by atoms with Crippen molar-refractivity contribution >= 4 is 16.0 Å². The van der Waals surface area contributed by atoms with Gasteiger partial charge in [-0.2, -0.15) is 5.10 Å². The number of carbonyl (C=O) groups is 1. The molecule has 8 nitrogen and oxygen atoms in total. The maximum atomic E-state index is 11.4. The molecule has 1 atom stereocenters. The van der Waals surface area contributed by atoms with Gasteiger partial charge in [0.1, 0.15) is 10.9 Å². The third-order valence-corrected chi connectivity index (χ3v) is 2.98. The monoisotopic (exact) mass is 234 g/mol. The van der Waals surface area contributed by atoms with Crippen molar-refractivity contribution in [1.29, 1.82) is 0 Å². The van der Waals surface area contributed by atoms with Crippen LogP contribution in [0.3, 0.4) is 0 Å². The number of aromatic nitrogens is 2. The molecule has 0 aliphatic rings. The fraction of sp³-hybridized carbons (Fsp3) is 0.333. The molecular formula is C6H10N4O4S.